The van der Waals surface area contributed by atoms with Gasteiger partial charge in [0.2, 0.25) is 0 Å². The average molecular weight is 363 g/mol. The number of rotatable bonds is 5. The monoisotopic (exact) mass is 363 g/mol. The molecular formula is C17H21N3O4S. The van der Waals surface area contributed by atoms with Crippen LogP contribution in [-0.2, 0) is 14.9 Å². The molecule has 2 rings (SSSR count). The SMILES string of the molecule is CCC1CCCCN1/C=C(/C#N)C(=O)Nc1ccc(S(=O)(=O)O)cc1. The van der Waals surface area contributed by atoms with Gasteiger partial charge >= 0.3 is 0 Å². The van der Waals surface area contributed by atoms with Gasteiger partial charge in [0.15, 0.2) is 0 Å². The van der Waals surface area contributed by atoms with Crippen molar-refractivity contribution in [2.45, 2.75) is 43.5 Å². The molecule has 8 heteroatoms. The Morgan fingerprint density at radius 3 is 2.64 bits per heavy atom. The zero-order valence-electron chi connectivity index (χ0n) is 14.0. The number of anilines is 1. The standard InChI is InChI=1S/C17H21N3O4S/c1-2-15-5-3-4-10-20(15)12-13(11-18)17(21)19-14-6-8-16(9-7-14)25(22,23)24/h6-9,12,15H,2-5,10H2,1H3,(H,19,21)(H,22,23,24)/b13-12-. The van der Waals surface area contributed by atoms with Crippen molar-refractivity contribution < 1.29 is 17.8 Å². The molecule has 134 valence electrons. The van der Waals surface area contributed by atoms with Crippen molar-refractivity contribution in [1.29, 1.82) is 5.26 Å². The minimum absolute atomic E-state index is 0.000735. The Labute approximate surface area is 147 Å². The van der Waals surface area contributed by atoms with Crippen LogP contribution in [0.2, 0.25) is 0 Å². The second kappa shape index (κ2) is 8.14. The van der Waals surface area contributed by atoms with E-state index in [9.17, 15) is 18.5 Å². The number of nitriles is 1. The second-order valence-electron chi connectivity index (χ2n) is 5.90. The molecule has 1 fully saturated rings. The summed E-state index contributed by atoms with van der Waals surface area (Å²) in [6.07, 6.45) is 5.79. The normalized spacial score (nSPS) is 18.5. The first kappa shape index (κ1) is 19.0. The van der Waals surface area contributed by atoms with Crippen molar-refractivity contribution in [2.24, 2.45) is 0 Å². The predicted molar refractivity (Wildman–Crippen MR) is 93.2 cm³/mol. The first-order valence-corrected chi connectivity index (χ1v) is 9.55. The van der Waals surface area contributed by atoms with Gasteiger partial charge in [0.05, 0.1) is 4.90 Å². The zero-order chi connectivity index (χ0) is 18.4. The van der Waals surface area contributed by atoms with Crippen LogP contribution in [0, 0.1) is 11.3 Å². The lowest BCUT2D eigenvalue weighted by Crippen LogP contribution is -2.35. The molecule has 2 N–H and O–H groups in total. The van der Waals surface area contributed by atoms with Crippen LogP contribution in [0.3, 0.4) is 0 Å². The van der Waals surface area contributed by atoms with Crippen molar-refractivity contribution >= 4 is 21.7 Å². The molecule has 1 atom stereocenters. The summed E-state index contributed by atoms with van der Waals surface area (Å²) in [6.45, 7) is 2.90. The van der Waals surface area contributed by atoms with Crippen LogP contribution in [0.15, 0.2) is 40.9 Å². The number of hydrogen-bond donors (Lipinski definition) is 2. The van der Waals surface area contributed by atoms with Gasteiger partial charge in [0, 0.05) is 24.5 Å². The van der Waals surface area contributed by atoms with Gasteiger partial charge in [-0.1, -0.05) is 6.92 Å². The molecule has 1 aromatic rings. The van der Waals surface area contributed by atoms with Gasteiger partial charge in [0.1, 0.15) is 11.6 Å². The zero-order valence-corrected chi connectivity index (χ0v) is 14.8. The van der Waals surface area contributed by atoms with Crippen LogP contribution in [0.5, 0.6) is 0 Å². The van der Waals surface area contributed by atoms with Crippen molar-refractivity contribution in [3.05, 3.63) is 36.0 Å². The summed E-state index contributed by atoms with van der Waals surface area (Å²) in [5.74, 6) is -0.553. The lowest BCUT2D eigenvalue weighted by molar-refractivity contribution is -0.112. The maximum Gasteiger partial charge on any atom is 0.294 e. The number of amides is 1. The Morgan fingerprint density at radius 2 is 2.08 bits per heavy atom. The molecule has 1 unspecified atom stereocenters. The Kier molecular flexibility index (Phi) is 6.17. The van der Waals surface area contributed by atoms with Crippen LogP contribution >= 0.6 is 0 Å². The van der Waals surface area contributed by atoms with E-state index in [0.717, 1.165) is 32.2 Å². The average Bonchev–Trinajstić information content (AvgIpc) is 2.59. The van der Waals surface area contributed by atoms with E-state index >= 15 is 0 Å². The van der Waals surface area contributed by atoms with Gasteiger partial charge in [-0.2, -0.15) is 13.7 Å². The van der Waals surface area contributed by atoms with E-state index in [1.807, 2.05) is 11.0 Å². The minimum atomic E-state index is -4.28. The summed E-state index contributed by atoms with van der Waals surface area (Å²) in [5, 5.41) is 11.9. The fourth-order valence-electron chi connectivity index (χ4n) is 2.84. The second-order valence-corrected chi connectivity index (χ2v) is 7.33. The number of benzene rings is 1. The van der Waals surface area contributed by atoms with E-state index in [4.69, 9.17) is 4.55 Å². The summed E-state index contributed by atoms with van der Waals surface area (Å²) < 4.78 is 31.0. The Hall–Kier alpha value is -2.37. The third-order valence-electron chi connectivity index (χ3n) is 4.21. The van der Waals surface area contributed by atoms with Crippen LogP contribution in [-0.4, -0.2) is 36.4 Å². The first-order valence-electron chi connectivity index (χ1n) is 8.11. The summed E-state index contributed by atoms with van der Waals surface area (Å²) in [6, 6.07) is 7.32. The highest BCUT2D eigenvalue weighted by molar-refractivity contribution is 7.85. The number of nitrogens with zero attached hydrogens (tertiary/aromatic N) is 2. The Balaban J connectivity index is 2.12. The van der Waals surface area contributed by atoms with E-state index in [1.54, 1.807) is 6.20 Å². The molecule has 1 heterocycles. The van der Waals surface area contributed by atoms with Gasteiger partial charge in [-0.25, -0.2) is 0 Å². The highest BCUT2D eigenvalue weighted by Crippen LogP contribution is 2.21. The van der Waals surface area contributed by atoms with Crippen LogP contribution < -0.4 is 5.32 Å². The first-order chi connectivity index (χ1) is 11.8. The Bertz CT molecular complexity index is 794. The van der Waals surface area contributed by atoms with Crippen molar-refractivity contribution in [3.8, 4) is 6.07 Å². The summed E-state index contributed by atoms with van der Waals surface area (Å²) >= 11 is 0. The number of carbonyl (C=O) groups excluding carboxylic acids is 1. The highest BCUT2D eigenvalue weighted by atomic mass is 32.2. The molecule has 1 amide bonds. The molecule has 1 aromatic carbocycles. The molecule has 0 aliphatic carbocycles. The summed E-state index contributed by atoms with van der Waals surface area (Å²) in [5.41, 5.74) is 0.337. The number of nitrogens with one attached hydrogen (secondary N) is 1. The highest BCUT2D eigenvalue weighted by Gasteiger charge is 2.20. The molecule has 1 aliphatic rings. The number of piperidine rings is 1. The largest absolute Gasteiger partial charge is 0.373 e. The topological polar surface area (TPSA) is 111 Å². The summed E-state index contributed by atoms with van der Waals surface area (Å²) in [4.78, 5) is 14.1. The molecular weight excluding hydrogens is 342 g/mol. The van der Waals surface area contributed by atoms with Gasteiger partial charge in [-0.15, -0.1) is 0 Å². The maximum atomic E-state index is 12.3. The van der Waals surface area contributed by atoms with Crippen LogP contribution in [0.25, 0.3) is 0 Å². The van der Waals surface area contributed by atoms with Crippen molar-refractivity contribution in [1.82, 2.24) is 4.90 Å². The minimum Gasteiger partial charge on any atom is -0.373 e. The summed E-state index contributed by atoms with van der Waals surface area (Å²) in [7, 11) is -4.28. The Morgan fingerprint density at radius 1 is 1.40 bits per heavy atom. The number of carbonyl (C=O) groups is 1. The third kappa shape index (κ3) is 5.05. The number of hydrogen-bond acceptors (Lipinski definition) is 5. The molecule has 0 aromatic heterocycles. The number of likely N-dealkylation sites (tertiary alicyclic amines) is 1. The van der Waals surface area contributed by atoms with Crippen LogP contribution in [0.1, 0.15) is 32.6 Å². The van der Waals surface area contributed by atoms with E-state index in [2.05, 4.69) is 12.2 Å². The molecule has 1 saturated heterocycles. The van der Waals surface area contributed by atoms with Crippen LogP contribution in [0.4, 0.5) is 5.69 Å². The maximum absolute atomic E-state index is 12.3. The van der Waals surface area contributed by atoms with E-state index in [-0.39, 0.29) is 10.5 Å². The van der Waals surface area contributed by atoms with Crippen molar-refractivity contribution in [2.75, 3.05) is 11.9 Å². The molecule has 7 nitrogen and oxygen atoms in total. The molecule has 0 saturated carbocycles. The van der Waals surface area contributed by atoms with Gasteiger partial charge in [0.25, 0.3) is 16.0 Å². The van der Waals surface area contributed by atoms with Gasteiger partial charge < -0.3 is 10.2 Å². The van der Waals surface area contributed by atoms with E-state index in [1.165, 1.54) is 24.3 Å². The third-order valence-corrected chi connectivity index (χ3v) is 5.08. The predicted octanol–water partition coefficient (Wildman–Crippen LogP) is 2.54. The van der Waals surface area contributed by atoms with Gasteiger partial charge in [-0.3, -0.25) is 9.35 Å². The fourth-order valence-corrected chi connectivity index (χ4v) is 3.32. The van der Waals surface area contributed by atoms with Crippen molar-refractivity contribution in [3.63, 3.8) is 0 Å². The van der Waals surface area contributed by atoms with Gasteiger partial charge in [-0.05, 0) is 49.9 Å². The molecule has 0 bridgehead atoms. The quantitative estimate of drug-likeness (QED) is 0.472. The lowest BCUT2D eigenvalue weighted by Gasteiger charge is -2.34. The van der Waals surface area contributed by atoms with E-state index in [0.29, 0.717) is 11.7 Å². The molecule has 0 spiro atoms. The molecule has 25 heavy (non-hydrogen) atoms. The van der Waals surface area contributed by atoms with E-state index < -0.39 is 16.0 Å². The smallest absolute Gasteiger partial charge is 0.294 e. The fraction of sp³-hybridized carbons (Fsp3) is 0.412. The lowest BCUT2D eigenvalue weighted by atomic mass is 10.0. The molecule has 1 aliphatic heterocycles. The molecule has 0 radical (unpaired) electrons.